The molecule has 0 aliphatic heterocycles. The number of nitrogens with zero attached hydrogens (tertiary/aromatic N) is 4. The smallest absolute Gasteiger partial charge is 0.178 e. The summed E-state index contributed by atoms with van der Waals surface area (Å²) in [6, 6.07) is 3.59. The first-order chi connectivity index (χ1) is 8.63. The van der Waals surface area contributed by atoms with Crippen molar-refractivity contribution >= 4 is 11.2 Å². The number of imidazole rings is 1. The van der Waals surface area contributed by atoms with Gasteiger partial charge in [0.2, 0.25) is 0 Å². The van der Waals surface area contributed by atoms with Gasteiger partial charge in [-0.1, -0.05) is 0 Å². The van der Waals surface area contributed by atoms with E-state index in [-0.39, 0.29) is 6.04 Å². The van der Waals surface area contributed by atoms with Crippen molar-refractivity contribution in [2.75, 3.05) is 0 Å². The molecule has 1 unspecified atom stereocenters. The molecular weight excluding hydrogens is 228 g/mol. The van der Waals surface area contributed by atoms with Gasteiger partial charge in [0, 0.05) is 24.5 Å². The van der Waals surface area contributed by atoms with Gasteiger partial charge in [-0.25, -0.2) is 9.97 Å². The molecule has 18 heavy (non-hydrogen) atoms. The second kappa shape index (κ2) is 3.92. The average Bonchev–Trinajstić information content (AvgIpc) is 2.93. The second-order valence-corrected chi connectivity index (χ2v) is 4.37. The van der Waals surface area contributed by atoms with E-state index in [0.29, 0.717) is 11.5 Å². The third-order valence-electron chi connectivity index (χ3n) is 2.88. The van der Waals surface area contributed by atoms with E-state index in [9.17, 15) is 0 Å². The van der Waals surface area contributed by atoms with E-state index in [2.05, 4.69) is 20.1 Å². The average molecular weight is 242 g/mol. The lowest BCUT2D eigenvalue weighted by atomic mass is 10.2. The molecular formula is C12H14N6. The molecule has 6 nitrogen and oxygen atoms in total. The van der Waals surface area contributed by atoms with Gasteiger partial charge in [-0.3, -0.25) is 4.68 Å². The van der Waals surface area contributed by atoms with Crippen LogP contribution in [0.15, 0.2) is 24.5 Å². The maximum absolute atomic E-state index is 6.16. The van der Waals surface area contributed by atoms with Crippen molar-refractivity contribution in [3.63, 3.8) is 0 Å². The molecule has 0 amide bonds. The number of H-pyrrole nitrogens is 1. The summed E-state index contributed by atoms with van der Waals surface area (Å²) < 4.78 is 1.72. The Kier molecular flexibility index (Phi) is 2.38. The van der Waals surface area contributed by atoms with E-state index in [0.717, 1.165) is 16.8 Å². The first kappa shape index (κ1) is 10.9. The predicted molar refractivity (Wildman–Crippen MR) is 67.9 cm³/mol. The Bertz CT molecular complexity index is 695. The van der Waals surface area contributed by atoms with Gasteiger partial charge in [0.1, 0.15) is 5.82 Å². The summed E-state index contributed by atoms with van der Waals surface area (Å²) in [4.78, 5) is 12.0. The SMILES string of the molecule is Cc1ccc2[nH]c(C(N)c3cnn(C)c3)nc2n1. The van der Waals surface area contributed by atoms with E-state index in [1.165, 1.54) is 0 Å². The van der Waals surface area contributed by atoms with Gasteiger partial charge in [0.15, 0.2) is 5.65 Å². The van der Waals surface area contributed by atoms with E-state index in [4.69, 9.17) is 5.73 Å². The molecule has 1 atom stereocenters. The molecule has 0 bridgehead atoms. The van der Waals surface area contributed by atoms with Crippen molar-refractivity contribution in [1.82, 2.24) is 24.7 Å². The van der Waals surface area contributed by atoms with Crippen molar-refractivity contribution in [1.29, 1.82) is 0 Å². The maximum atomic E-state index is 6.16. The molecule has 3 heterocycles. The summed E-state index contributed by atoms with van der Waals surface area (Å²) in [5, 5.41) is 4.11. The molecule has 0 saturated carbocycles. The van der Waals surface area contributed by atoms with Crippen molar-refractivity contribution in [2.45, 2.75) is 13.0 Å². The van der Waals surface area contributed by atoms with E-state index < -0.39 is 0 Å². The molecule has 3 aromatic heterocycles. The van der Waals surface area contributed by atoms with Crippen LogP contribution in [0.5, 0.6) is 0 Å². The van der Waals surface area contributed by atoms with Crippen LogP contribution in [-0.2, 0) is 7.05 Å². The highest BCUT2D eigenvalue weighted by Crippen LogP contribution is 2.19. The normalized spacial score (nSPS) is 13.1. The maximum Gasteiger partial charge on any atom is 0.178 e. The molecule has 0 aliphatic rings. The quantitative estimate of drug-likeness (QED) is 0.703. The molecule has 6 heteroatoms. The molecule has 0 fully saturated rings. The van der Waals surface area contributed by atoms with Crippen LogP contribution in [0, 0.1) is 6.92 Å². The number of nitrogens with one attached hydrogen (secondary N) is 1. The minimum atomic E-state index is -0.312. The Labute approximate surface area is 104 Å². The highest BCUT2D eigenvalue weighted by atomic mass is 15.2. The van der Waals surface area contributed by atoms with Crippen molar-refractivity contribution in [3.05, 3.63) is 41.6 Å². The van der Waals surface area contributed by atoms with Gasteiger partial charge < -0.3 is 10.7 Å². The lowest BCUT2D eigenvalue weighted by Gasteiger charge is -2.04. The largest absolute Gasteiger partial charge is 0.339 e. The third kappa shape index (κ3) is 1.76. The van der Waals surface area contributed by atoms with E-state index >= 15 is 0 Å². The standard InChI is InChI=1S/C12H14N6/c1-7-3-4-9-11(15-7)17-12(16-9)10(13)8-5-14-18(2)6-8/h3-6,10H,13H2,1-2H3,(H,15,16,17). The summed E-state index contributed by atoms with van der Waals surface area (Å²) in [5.41, 5.74) is 9.62. The Balaban J connectivity index is 2.03. The number of nitrogens with two attached hydrogens (primary N) is 1. The number of aromatic nitrogens is 5. The van der Waals surface area contributed by atoms with Crippen LogP contribution in [0.25, 0.3) is 11.2 Å². The lowest BCUT2D eigenvalue weighted by Crippen LogP contribution is -2.12. The fraction of sp³-hybridized carbons (Fsp3) is 0.250. The number of pyridine rings is 1. The number of hydrogen-bond acceptors (Lipinski definition) is 4. The van der Waals surface area contributed by atoms with Crippen LogP contribution in [0.1, 0.15) is 23.1 Å². The van der Waals surface area contributed by atoms with Gasteiger partial charge in [-0.15, -0.1) is 0 Å². The van der Waals surface area contributed by atoms with Gasteiger partial charge in [0.25, 0.3) is 0 Å². The first-order valence-electron chi connectivity index (χ1n) is 5.71. The van der Waals surface area contributed by atoms with Gasteiger partial charge in [-0.2, -0.15) is 5.10 Å². The van der Waals surface area contributed by atoms with Crippen LogP contribution in [0.3, 0.4) is 0 Å². The molecule has 92 valence electrons. The molecule has 3 rings (SSSR count). The van der Waals surface area contributed by atoms with E-state index in [1.54, 1.807) is 10.9 Å². The zero-order valence-corrected chi connectivity index (χ0v) is 10.3. The number of hydrogen-bond donors (Lipinski definition) is 2. The minimum absolute atomic E-state index is 0.312. The summed E-state index contributed by atoms with van der Waals surface area (Å²) in [6.07, 6.45) is 3.63. The molecule has 0 aromatic carbocycles. The molecule has 3 aromatic rings. The number of aryl methyl sites for hydroxylation is 2. The fourth-order valence-corrected chi connectivity index (χ4v) is 1.91. The fourth-order valence-electron chi connectivity index (χ4n) is 1.91. The molecule has 0 aliphatic carbocycles. The van der Waals surface area contributed by atoms with Crippen molar-refractivity contribution in [2.24, 2.45) is 12.8 Å². The number of fused-ring (bicyclic) bond motifs is 1. The van der Waals surface area contributed by atoms with Crippen molar-refractivity contribution < 1.29 is 0 Å². The summed E-state index contributed by atoms with van der Waals surface area (Å²) in [7, 11) is 1.86. The van der Waals surface area contributed by atoms with Gasteiger partial charge in [0.05, 0.1) is 17.8 Å². The Morgan fingerprint density at radius 3 is 2.89 bits per heavy atom. The van der Waals surface area contributed by atoms with Gasteiger partial charge >= 0.3 is 0 Å². The minimum Gasteiger partial charge on any atom is -0.339 e. The number of aromatic amines is 1. The Hall–Kier alpha value is -2.21. The highest BCUT2D eigenvalue weighted by molar-refractivity contribution is 5.70. The monoisotopic (exact) mass is 242 g/mol. The summed E-state index contributed by atoms with van der Waals surface area (Å²) in [6.45, 7) is 1.94. The Morgan fingerprint density at radius 1 is 1.33 bits per heavy atom. The summed E-state index contributed by atoms with van der Waals surface area (Å²) >= 11 is 0. The second-order valence-electron chi connectivity index (χ2n) is 4.37. The third-order valence-corrected chi connectivity index (χ3v) is 2.88. The van der Waals surface area contributed by atoms with Crippen molar-refractivity contribution in [3.8, 4) is 0 Å². The number of rotatable bonds is 2. The lowest BCUT2D eigenvalue weighted by molar-refractivity contribution is 0.761. The first-order valence-corrected chi connectivity index (χ1v) is 5.71. The highest BCUT2D eigenvalue weighted by Gasteiger charge is 2.15. The molecule has 0 radical (unpaired) electrons. The van der Waals surface area contributed by atoms with Crippen LogP contribution < -0.4 is 5.73 Å². The Morgan fingerprint density at radius 2 is 2.17 bits per heavy atom. The zero-order valence-electron chi connectivity index (χ0n) is 10.3. The molecule has 0 saturated heterocycles. The van der Waals surface area contributed by atoms with Crippen LogP contribution >= 0.6 is 0 Å². The molecule has 3 N–H and O–H groups in total. The summed E-state index contributed by atoms with van der Waals surface area (Å²) in [5.74, 6) is 0.705. The predicted octanol–water partition coefficient (Wildman–Crippen LogP) is 1.05. The van der Waals surface area contributed by atoms with E-state index in [1.807, 2.05) is 32.3 Å². The van der Waals surface area contributed by atoms with Crippen LogP contribution in [0.2, 0.25) is 0 Å². The topological polar surface area (TPSA) is 85.4 Å². The van der Waals surface area contributed by atoms with Crippen LogP contribution in [0.4, 0.5) is 0 Å². The van der Waals surface area contributed by atoms with Crippen LogP contribution in [-0.4, -0.2) is 24.7 Å². The van der Waals surface area contributed by atoms with Gasteiger partial charge in [-0.05, 0) is 19.1 Å². The zero-order chi connectivity index (χ0) is 12.7. The molecule has 0 spiro atoms.